The van der Waals surface area contributed by atoms with Crippen molar-refractivity contribution in [3.63, 3.8) is 0 Å². The van der Waals surface area contributed by atoms with Gasteiger partial charge >= 0.3 is 0 Å². The van der Waals surface area contributed by atoms with Gasteiger partial charge in [-0.3, -0.25) is 9.80 Å². The minimum absolute atomic E-state index is 0.674. The van der Waals surface area contributed by atoms with Crippen LogP contribution in [0.3, 0.4) is 0 Å². The smallest absolute Gasteiger partial charge is 0.0195 e. The van der Waals surface area contributed by atoms with Gasteiger partial charge in [0, 0.05) is 31.2 Å². The molecular formula is C14H31N3. The van der Waals surface area contributed by atoms with Gasteiger partial charge in [0.05, 0.1) is 0 Å². The molecule has 0 aliphatic carbocycles. The second kappa shape index (κ2) is 6.72. The highest BCUT2D eigenvalue weighted by atomic mass is 15.3. The minimum Gasteiger partial charge on any atom is -0.317 e. The summed E-state index contributed by atoms with van der Waals surface area (Å²) in [6.07, 6.45) is 0. The van der Waals surface area contributed by atoms with Crippen LogP contribution in [0, 0.1) is 5.92 Å². The molecule has 4 atom stereocenters. The predicted molar refractivity (Wildman–Crippen MR) is 75.4 cm³/mol. The van der Waals surface area contributed by atoms with Crippen LogP contribution in [0.1, 0.15) is 34.6 Å². The van der Waals surface area contributed by atoms with Crippen molar-refractivity contribution in [1.82, 2.24) is 15.1 Å². The van der Waals surface area contributed by atoms with Crippen molar-refractivity contribution >= 4 is 0 Å². The first-order chi connectivity index (χ1) is 7.97. The van der Waals surface area contributed by atoms with E-state index in [0.717, 1.165) is 19.0 Å². The van der Waals surface area contributed by atoms with Crippen LogP contribution in [0.2, 0.25) is 0 Å². The standard InChI is InChI=1S/C14H31N3/c1-7-15-8-11(2)14(5)17-9-12(3)16(6)13(4)10-17/h11-15H,7-10H2,1-6H3. The van der Waals surface area contributed by atoms with Crippen molar-refractivity contribution in [1.29, 1.82) is 0 Å². The quantitative estimate of drug-likeness (QED) is 0.789. The van der Waals surface area contributed by atoms with Crippen molar-refractivity contribution in [3.05, 3.63) is 0 Å². The number of hydrogen-bond acceptors (Lipinski definition) is 3. The van der Waals surface area contributed by atoms with Gasteiger partial charge < -0.3 is 5.32 Å². The fraction of sp³-hybridized carbons (Fsp3) is 1.00. The van der Waals surface area contributed by atoms with Crippen molar-refractivity contribution < 1.29 is 0 Å². The first kappa shape index (κ1) is 14.9. The number of piperazine rings is 1. The normalized spacial score (nSPS) is 31.4. The Morgan fingerprint density at radius 1 is 1.18 bits per heavy atom. The number of nitrogens with one attached hydrogen (secondary N) is 1. The molecule has 0 aromatic carbocycles. The van der Waals surface area contributed by atoms with Crippen LogP contribution in [-0.2, 0) is 0 Å². The van der Waals surface area contributed by atoms with Gasteiger partial charge in [0.2, 0.25) is 0 Å². The molecule has 0 radical (unpaired) electrons. The van der Waals surface area contributed by atoms with E-state index in [2.05, 4.69) is 56.8 Å². The zero-order valence-corrected chi connectivity index (χ0v) is 12.5. The highest BCUT2D eigenvalue weighted by Crippen LogP contribution is 2.19. The fourth-order valence-electron chi connectivity index (χ4n) is 2.68. The third-order valence-electron chi connectivity index (χ3n) is 4.50. The van der Waals surface area contributed by atoms with Gasteiger partial charge in [-0.25, -0.2) is 0 Å². The number of likely N-dealkylation sites (N-methyl/N-ethyl adjacent to an activating group) is 1. The van der Waals surface area contributed by atoms with Crippen molar-refractivity contribution in [2.45, 2.75) is 52.7 Å². The molecule has 1 rings (SSSR count). The summed E-state index contributed by atoms with van der Waals surface area (Å²) in [7, 11) is 2.25. The van der Waals surface area contributed by atoms with E-state index in [1.165, 1.54) is 13.1 Å². The van der Waals surface area contributed by atoms with Gasteiger partial charge in [0.25, 0.3) is 0 Å². The van der Waals surface area contributed by atoms with Crippen LogP contribution in [0.5, 0.6) is 0 Å². The molecule has 0 aromatic heterocycles. The molecular weight excluding hydrogens is 210 g/mol. The molecule has 1 heterocycles. The minimum atomic E-state index is 0.674. The summed E-state index contributed by atoms with van der Waals surface area (Å²) in [5.41, 5.74) is 0. The maximum absolute atomic E-state index is 3.46. The molecule has 4 unspecified atom stereocenters. The third-order valence-corrected chi connectivity index (χ3v) is 4.50. The largest absolute Gasteiger partial charge is 0.317 e. The molecule has 1 aliphatic heterocycles. The van der Waals surface area contributed by atoms with E-state index in [0.29, 0.717) is 18.1 Å². The summed E-state index contributed by atoms with van der Waals surface area (Å²) < 4.78 is 0. The van der Waals surface area contributed by atoms with Gasteiger partial charge in [0.1, 0.15) is 0 Å². The van der Waals surface area contributed by atoms with E-state index in [4.69, 9.17) is 0 Å². The maximum atomic E-state index is 3.46. The van der Waals surface area contributed by atoms with Gasteiger partial charge in [-0.15, -0.1) is 0 Å². The first-order valence-corrected chi connectivity index (χ1v) is 7.14. The summed E-state index contributed by atoms with van der Waals surface area (Å²) in [5.74, 6) is 0.720. The molecule has 17 heavy (non-hydrogen) atoms. The molecule has 0 amide bonds. The second-order valence-corrected chi connectivity index (χ2v) is 5.84. The van der Waals surface area contributed by atoms with E-state index < -0.39 is 0 Å². The highest BCUT2D eigenvalue weighted by molar-refractivity contribution is 4.86. The Morgan fingerprint density at radius 2 is 1.71 bits per heavy atom. The van der Waals surface area contributed by atoms with Crippen LogP contribution in [-0.4, -0.2) is 61.2 Å². The molecule has 1 aliphatic rings. The summed E-state index contributed by atoms with van der Waals surface area (Å²) in [6.45, 7) is 16.2. The number of hydrogen-bond donors (Lipinski definition) is 1. The van der Waals surface area contributed by atoms with Crippen molar-refractivity contribution in [2.24, 2.45) is 5.92 Å². The third kappa shape index (κ3) is 3.94. The molecule has 0 spiro atoms. The van der Waals surface area contributed by atoms with Crippen LogP contribution in [0.15, 0.2) is 0 Å². The van der Waals surface area contributed by atoms with Gasteiger partial charge in [-0.1, -0.05) is 13.8 Å². The van der Waals surface area contributed by atoms with Gasteiger partial charge in [-0.2, -0.15) is 0 Å². The van der Waals surface area contributed by atoms with E-state index in [9.17, 15) is 0 Å². The molecule has 3 nitrogen and oxygen atoms in total. The summed E-state index contributed by atoms with van der Waals surface area (Å²) in [4.78, 5) is 5.16. The van der Waals surface area contributed by atoms with Crippen LogP contribution >= 0.6 is 0 Å². The predicted octanol–water partition coefficient (Wildman–Crippen LogP) is 1.64. The lowest BCUT2D eigenvalue weighted by molar-refractivity contribution is 0.0242. The lowest BCUT2D eigenvalue weighted by Crippen LogP contribution is -2.58. The second-order valence-electron chi connectivity index (χ2n) is 5.84. The molecule has 1 saturated heterocycles. The Kier molecular flexibility index (Phi) is 5.90. The lowest BCUT2D eigenvalue weighted by Gasteiger charge is -2.46. The lowest BCUT2D eigenvalue weighted by atomic mass is 9.98. The van der Waals surface area contributed by atoms with Crippen molar-refractivity contribution in [3.8, 4) is 0 Å². The van der Waals surface area contributed by atoms with E-state index >= 15 is 0 Å². The average molecular weight is 241 g/mol. The van der Waals surface area contributed by atoms with Crippen LogP contribution in [0.4, 0.5) is 0 Å². The Morgan fingerprint density at radius 3 is 2.18 bits per heavy atom. The number of rotatable bonds is 5. The van der Waals surface area contributed by atoms with Gasteiger partial charge in [0.15, 0.2) is 0 Å². The monoisotopic (exact) mass is 241 g/mol. The molecule has 102 valence electrons. The zero-order valence-electron chi connectivity index (χ0n) is 12.5. The SMILES string of the molecule is CCNCC(C)C(C)N1CC(C)N(C)C(C)C1. The van der Waals surface area contributed by atoms with Crippen LogP contribution < -0.4 is 5.32 Å². The first-order valence-electron chi connectivity index (χ1n) is 7.14. The fourth-order valence-corrected chi connectivity index (χ4v) is 2.68. The molecule has 0 saturated carbocycles. The summed E-state index contributed by atoms with van der Waals surface area (Å²) in [6, 6.07) is 2.02. The Balaban J connectivity index is 2.49. The summed E-state index contributed by atoms with van der Waals surface area (Å²) in [5, 5.41) is 3.46. The van der Waals surface area contributed by atoms with E-state index in [1.54, 1.807) is 0 Å². The maximum Gasteiger partial charge on any atom is 0.0195 e. The Bertz CT molecular complexity index is 208. The van der Waals surface area contributed by atoms with Gasteiger partial charge in [-0.05, 0) is 46.8 Å². The van der Waals surface area contributed by atoms with Crippen LogP contribution in [0.25, 0.3) is 0 Å². The Hall–Kier alpha value is -0.120. The zero-order chi connectivity index (χ0) is 13.0. The topological polar surface area (TPSA) is 18.5 Å². The molecule has 1 N–H and O–H groups in total. The highest BCUT2D eigenvalue weighted by Gasteiger charge is 2.30. The van der Waals surface area contributed by atoms with Crippen molar-refractivity contribution in [2.75, 3.05) is 33.2 Å². The molecule has 0 bridgehead atoms. The Labute approximate surface area is 108 Å². The average Bonchev–Trinajstić information content (AvgIpc) is 2.31. The molecule has 3 heteroatoms. The molecule has 1 fully saturated rings. The number of nitrogens with zero attached hydrogens (tertiary/aromatic N) is 2. The van der Waals surface area contributed by atoms with E-state index in [-0.39, 0.29) is 0 Å². The summed E-state index contributed by atoms with van der Waals surface area (Å²) >= 11 is 0. The van der Waals surface area contributed by atoms with E-state index in [1.807, 2.05) is 0 Å². The molecule has 0 aromatic rings.